The highest BCUT2D eigenvalue weighted by Gasteiger charge is 2.16. The summed E-state index contributed by atoms with van der Waals surface area (Å²) in [6.07, 6.45) is 5.61. The first-order valence-electron chi connectivity index (χ1n) is 6.75. The van der Waals surface area contributed by atoms with Crippen molar-refractivity contribution in [3.63, 3.8) is 0 Å². The fourth-order valence-electron chi connectivity index (χ4n) is 2.52. The van der Waals surface area contributed by atoms with Crippen molar-refractivity contribution < 1.29 is 4.74 Å². The van der Waals surface area contributed by atoms with Gasteiger partial charge >= 0.3 is 0 Å². The highest BCUT2D eigenvalue weighted by atomic mass is 32.2. The fourth-order valence-corrected chi connectivity index (χ4v) is 3.83. The maximum absolute atomic E-state index is 5.46. The van der Waals surface area contributed by atoms with E-state index in [1.54, 1.807) is 7.11 Å². The number of methoxy groups -OCH3 is 1. The molecule has 1 aromatic carbocycles. The van der Waals surface area contributed by atoms with Crippen LogP contribution in [0.3, 0.4) is 0 Å². The predicted octanol–water partition coefficient (Wildman–Crippen LogP) is 3.59. The van der Waals surface area contributed by atoms with Gasteiger partial charge in [0.15, 0.2) is 0 Å². The van der Waals surface area contributed by atoms with E-state index in [2.05, 4.69) is 35.3 Å². The molecule has 1 aliphatic rings. The molecule has 0 amide bonds. The first-order valence-corrected chi connectivity index (χ1v) is 7.80. The molecule has 0 atom stereocenters. The molecule has 1 fully saturated rings. The molecular formula is C15H23NOS. The molecule has 0 aliphatic heterocycles. The Balaban J connectivity index is 2.00. The van der Waals surface area contributed by atoms with Crippen molar-refractivity contribution in [3.05, 3.63) is 29.3 Å². The van der Waals surface area contributed by atoms with Crippen molar-refractivity contribution in [3.8, 4) is 5.75 Å². The van der Waals surface area contributed by atoms with Gasteiger partial charge in [0.2, 0.25) is 0 Å². The molecule has 0 saturated heterocycles. The zero-order valence-corrected chi connectivity index (χ0v) is 12.2. The van der Waals surface area contributed by atoms with Gasteiger partial charge in [-0.1, -0.05) is 18.9 Å². The highest BCUT2D eigenvalue weighted by molar-refractivity contribution is 7.99. The number of hydrogen-bond acceptors (Lipinski definition) is 3. The van der Waals surface area contributed by atoms with Gasteiger partial charge in [0.1, 0.15) is 5.75 Å². The van der Waals surface area contributed by atoms with Gasteiger partial charge in [-0.3, -0.25) is 0 Å². The monoisotopic (exact) mass is 265 g/mol. The minimum Gasteiger partial charge on any atom is -0.496 e. The van der Waals surface area contributed by atoms with E-state index >= 15 is 0 Å². The Morgan fingerprint density at radius 2 is 2.11 bits per heavy atom. The van der Waals surface area contributed by atoms with Crippen LogP contribution in [0, 0.1) is 0 Å². The second-order valence-electron chi connectivity index (χ2n) is 4.89. The van der Waals surface area contributed by atoms with E-state index in [1.807, 2.05) is 7.05 Å². The van der Waals surface area contributed by atoms with Crippen LogP contribution in [0.4, 0.5) is 0 Å². The van der Waals surface area contributed by atoms with Crippen molar-refractivity contribution in [2.75, 3.05) is 14.2 Å². The molecule has 0 radical (unpaired) electrons. The smallest absolute Gasteiger partial charge is 0.122 e. The third-order valence-electron chi connectivity index (χ3n) is 3.50. The van der Waals surface area contributed by atoms with Crippen molar-refractivity contribution in [1.82, 2.24) is 5.32 Å². The molecule has 0 bridgehead atoms. The molecule has 1 N–H and O–H groups in total. The van der Waals surface area contributed by atoms with Gasteiger partial charge in [0.25, 0.3) is 0 Å². The summed E-state index contributed by atoms with van der Waals surface area (Å²) < 4.78 is 5.46. The number of benzene rings is 1. The minimum absolute atomic E-state index is 0.864. The molecule has 0 aromatic heterocycles. The Bertz CT molecular complexity index is 375. The van der Waals surface area contributed by atoms with Crippen LogP contribution in [0.5, 0.6) is 5.75 Å². The van der Waals surface area contributed by atoms with Crippen LogP contribution in [0.15, 0.2) is 18.2 Å². The van der Waals surface area contributed by atoms with Crippen molar-refractivity contribution in [1.29, 1.82) is 0 Å². The summed E-state index contributed by atoms with van der Waals surface area (Å²) in [6.45, 7) is 0.922. The van der Waals surface area contributed by atoms with Crippen LogP contribution in [0.2, 0.25) is 0 Å². The molecule has 1 saturated carbocycles. The molecule has 18 heavy (non-hydrogen) atoms. The normalized spacial score (nSPS) is 16.1. The molecular weight excluding hydrogens is 242 g/mol. The zero-order chi connectivity index (χ0) is 12.8. The van der Waals surface area contributed by atoms with E-state index in [0.717, 1.165) is 23.3 Å². The Morgan fingerprint density at radius 3 is 2.78 bits per heavy atom. The highest BCUT2D eigenvalue weighted by Crippen LogP contribution is 2.33. The van der Waals surface area contributed by atoms with Crippen LogP contribution in [0.1, 0.15) is 36.8 Å². The van der Waals surface area contributed by atoms with E-state index in [1.165, 1.54) is 36.8 Å². The van der Waals surface area contributed by atoms with E-state index in [-0.39, 0.29) is 0 Å². The molecule has 0 unspecified atom stereocenters. The number of rotatable bonds is 6. The van der Waals surface area contributed by atoms with Gasteiger partial charge in [0.05, 0.1) is 7.11 Å². The second kappa shape index (κ2) is 7.05. The number of thioether (sulfide) groups is 1. The van der Waals surface area contributed by atoms with Crippen LogP contribution < -0.4 is 10.1 Å². The van der Waals surface area contributed by atoms with Crippen LogP contribution >= 0.6 is 11.8 Å². The molecule has 0 spiro atoms. The first-order chi connectivity index (χ1) is 8.83. The lowest BCUT2D eigenvalue weighted by molar-refractivity contribution is 0.411. The van der Waals surface area contributed by atoms with Crippen molar-refractivity contribution >= 4 is 11.8 Å². The lowest BCUT2D eigenvalue weighted by Gasteiger charge is -2.13. The van der Waals surface area contributed by atoms with E-state index < -0.39 is 0 Å². The average molecular weight is 265 g/mol. The van der Waals surface area contributed by atoms with Crippen molar-refractivity contribution in [2.45, 2.75) is 43.2 Å². The zero-order valence-electron chi connectivity index (χ0n) is 11.4. The van der Waals surface area contributed by atoms with Gasteiger partial charge in [0, 0.05) is 23.1 Å². The van der Waals surface area contributed by atoms with E-state index in [9.17, 15) is 0 Å². The Morgan fingerprint density at radius 1 is 1.33 bits per heavy atom. The largest absolute Gasteiger partial charge is 0.496 e. The van der Waals surface area contributed by atoms with Crippen LogP contribution in [-0.2, 0) is 12.3 Å². The maximum Gasteiger partial charge on any atom is 0.122 e. The Labute approximate surface area is 114 Å². The lowest BCUT2D eigenvalue weighted by atomic mass is 10.1. The number of hydrogen-bond donors (Lipinski definition) is 1. The third kappa shape index (κ3) is 3.66. The molecule has 1 aliphatic carbocycles. The molecule has 3 heteroatoms. The maximum atomic E-state index is 5.46. The Kier molecular flexibility index (Phi) is 5.39. The quantitative estimate of drug-likeness (QED) is 0.849. The lowest BCUT2D eigenvalue weighted by Crippen LogP contribution is -2.06. The van der Waals surface area contributed by atoms with Gasteiger partial charge in [-0.25, -0.2) is 0 Å². The molecule has 2 nitrogen and oxygen atoms in total. The first kappa shape index (κ1) is 13.8. The standard InChI is InChI=1S/C15H23NOS/c1-16-10-12-7-8-15(17-2)13(9-12)11-18-14-5-3-4-6-14/h7-9,14,16H,3-6,10-11H2,1-2H3. The number of ether oxygens (including phenoxy) is 1. The van der Waals surface area contributed by atoms with Crippen LogP contribution in [0.25, 0.3) is 0 Å². The van der Waals surface area contributed by atoms with Gasteiger partial charge < -0.3 is 10.1 Å². The molecule has 2 rings (SSSR count). The second-order valence-corrected chi connectivity index (χ2v) is 6.18. The van der Waals surface area contributed by atoms with Crippen LogP contribution in [-0.4, -0.2) is 19.4 Å². The van der Waals surface area contributed by atoms with Crippen molar-refractivity contribution in [2.24, 2.45) is 0 Å². The molecule has 1 aromatic rings. The average Bonchev–Trinajstić information content (AvgIpc) is 2.90. The molecule has 0 heterocycles. The Hall–Kier alpha value is -0.670. The van der Waals surface area contributed by atoms with E-state index in [0.29, 0.717) is 0 Å². The van der Waals surface area contributed by atoms with Gasteiger partial charge in [-0.15, -0.1) is 0 Å². The van der Waals surface area contributed by atoms with Gasteiger partial charge in [-0.05, 0) is 37.6 Å². The SMILES string of the molecule is CNCc1ccc(OC)c(CSC2CCCC2)c1. The minimum atomic E-state index is 0.864. The topological polar surface area (TPSA) is 21.3 Å². The third-order valence-corrected chi connectivity index (χ3v) is 4.92. The fraction of sp³-hybridized carbons (Fsp3) is 0.600. The molecule has 100 valence electrons. The summed E-state index contributed by atoms with van der Waals surface area (Å²) in [6, 6.07) is 6.51. The van der Waals surface area contributed by atoms with Gasteiger partial charge in [-0.2, -0.15) is 11.8 Å². The summed E-state index contributed by atoms with van der Waals surface area (Å²) in [5, 5.41) is 4.06. The summed E-state index contributed by atoms with van der Waals surface area (Å²) in [5.74, 6) is 2.10. The summed E-state index contributed by atoms with van der Waals surface area (Å²) >= 11 is 2.09. The van der Waals surface area contributed by atoms with E-state index in [4.69, 9.17) is 4.74 Å². The summed E-state index contributed by atoms with van der Waals surface area (Å²) in [7, 11) is 3.74. The summed E-state index contributed by atoms with van der Waals surface area (Å²) in [5.41, 5.74) is 2.67. The number of nitrogens with one attached hydrogen (secondary N) is 1. The summed E-state index contributed by atoms with van der Waals surface area (Å²) in [4.78, 5) is 0. The predicted molar refractivity (Wildman–Crippen MR) is 79.3 cm³/mol.